The standard InChI is InChI=1S/C28H35N5O5/c1-28(2)37-23-20(36-27(24(23)38-28)33-16-32-22-25(29)30-15-31-26(22)33)10-8-18-12-19(13-18)9-11-21(34)35-14-17-6-4-3-5-7-17/h3-7,15-16,18-20,23-24,27H,8-14H2,1-2H3,(H2,29,30,31)/t18?,19?,20-,23-,24-,27-/m1/s1. The highest BCUT2D eigenvalue weighted by molar-refractivity contribution is 5.81. The number of ether oxygens (including phenoxy) is 4. The van der Waals surface area contributed by atoms with Crippen LogP contribution < -0.4 is 5.73 Å². The van der Waals surface area contributed by atoms with Crippen molar-refractivity contribution in [2.24, 2.45) is 11.8 Å². The summed E-state index contributed by atoms with van der Waals surface area (Å²) in [4.78, 5) is 25.0. The SMILES string of the molecule is CC1(C)O[C@@H]2[C@H](O1)[C@@H](CCC1CC(CCC(=O)OCc3ccccc3)C1)O[C@H]2n1cnc2c(N)ncnc21. The van der Waals surface area contributed by atoms with Crippen LogP contribution in [-0.4, -0.2) is 49.6 Å². The van der Waals surface area contributed by atoms with E-state index in [1.165, 1.54) is 6.33 Å². The summed E-state index contributed by atoms with van der Waals surface area (Å²) in [6, 6.07) is 9.79. The number of rotatable bonds is 9. The van der Waals surface area contributed by atoms with Crippen LogP contribution in [0.15, 0.2) is 43.0 Å². The zero-order chi connectivity index (χ0) is 26.3. The Labute approximate surface area is 221 Å². The van der Waals surface area contributed by atoms with E-state index in [2.05, 4.69) is 15.0 Å². The molecule has 10 nitrogen and oxygen atoms in total. The molecule has 2 saturated heterocycles. The first-order chi connectivity index (χ1) is 18.4. The van der Waals surface area contributed by atoms with Crippen molar-refractivity contribution in [2.45, 2.75) is 89.3 Å². The van der Waals surface area contributed by atoms with E-state index >= 15 is 0 Å². The van der Waals surface area contributed by atoms with E-state index in [-0.39, 0.29) is 24.3 Å². The van der Waals surface area contributed by atoms with Crippen molar-refractivity contribution in [3.05, 3.63) is 48.5 Å². The van der Waals surface area contributed by atoms with Gasteiger partial charge in [-0.3, -0.25) is 9.36 Å². The molecule has 10 heteroatoms. The van der Waals surface area contributed by atoms with E-state index < -0.39 is 12.0 Å². The minimum Gasteiger partial charge on any atom is -0.461 e. The summed E-state index contributed by atoms with van der Waals surface area (Å²) >= 11 is 0. The molecule has 2 N–H and O–H groups in total. The smallest absolute Gasteiger partial charge is 0.306 e. The lowest BCUT2D eigenvalue weighted by molar-refractivity contribution is -0.197. The van der Waals surface area contributed by atoms with Gasteiger partial charge in [0.25, 0.3) is 0 Å². The van der Waals surface area contributed by atoms with E-state index in [1.807, 2.05) is 48.7 Å². The topological polar surface area (TPSA) is 124 Å². The van der Waals surface area contributed by atoms with Gasteiger partial charge in [0.2, 0.25) is 0 Å². The minimum atomic E-state index is -0.684. The summed E-state index contributed by atoms with van der Waals surface area (Å²) in [5, 5.41) is 0. The summed E-state index contributed by atoms with van der Waals surface area (Å²) in [7, 11) is 0. The van der Waals surface area contributed by atoms with Crippen molar-refractivity contribution in [1.29, 1.82) is 0 Å². The van der Waals surface area contributed by atoms with Crippen LogP contribution in [0.4, 0.5) is 5.82 Å². The highest BCUT2D eigenvalue weighted by Crippen LogP contribution is 2.47. The number of hydrogen-bond donors (Lipinski definition) is 1. The first-order valence-electron chi connectivity index (χ1n) is 13.5. The van der Waals surface area contributed by atoms with Gasteiger partial charge in [-0.2, -0.15) is 0 Å². The Morgan fingerprint density at radius 2 is 1.82 bits per heavy atom. The number of imidazole rings is 1. The molecule has 1 aliphatic carbocycles. The lowest BCUT2D eigenvalue weighted by Gasteiger charge is -2.36. The molecule has 4 heterocycles. The average Bonchev–Trinajstić information content (AvgIpc) is 3.53. The first kappa shape index (κ1) is 25.2. The van der Waals surface area contributed by atoms with Crippen molar-refractivity contribution in [2.75, 3.05) is 5.73 Å². The largest absolute Gasteiger partial charge is 0.461 e. The average molecular weight is 522 g/mol. The van der Waals surface area contributed by atoms with Crippen LogP contribution in [0.5, 0.6) is 0 Å². The van der Waals surface area contributed by atoms with Crippen LogP contribution in [0, 0.1) is 11.8 Å². The Hall–Kier alpha value is -3.08. The summed E-state index contributed by atoms with van der Waals surface area (Å²) in [6.07, 6.45) is 7.80. The normalized spacial score (nSPS) is 29.7. The van der Waals surface area contributed by atoms with Gasteiger partial charge < -0.3 is 24.7 Å². The number of anilines is 1. The zero-order valence-corrected chi connectivity index (χ0v) is 21.9. The van der Waals surface area contributed by atoms with Crippen LogP contribution in [0.3, 0.4) is 0 Å². The minimum absolute atomic E-state index is 0.0876. The molecule has 2 aromatic heterocycles. The number of aromatic nitrogens is 4. The Balaban J connectivity index is 0.992. The molecule has 38 heavy (non-hydrogen) atoms. The molecular formula is C28H35N5O5. The number of carbonyl (C=O) groups excluding carboxylic acids is 1. The fourth-order valence-electron chi connectivity index (χ4n) is 6.05. The Morgan fingerprint density at radius 1 is 1.05 bits per heavy atom. The van der Waals surface area contributed by atoms with Crippen LogP contribution in [0.25, 0.3) is 11.2 Å². The maximum atomic E-state index is 12.1. The third-order valence-corrected chi connectivity index (χ3v) is 7.98. The van der Waals surface area contributed by atoms with Gasteiger partial charge in [0.1, 0.15) is 30.7 Å². The Kier molecular flexibility index (Phi) is 6.79. The molecule has 6 rings (SSSR count). The van der Waals surface area contributed by atoms with E-state index in [9.17, 15) is 4.79 Å². The van der Waals surface area contributed by atoms with Gasteiger partial charge in [0, 0.05) is 6.42 Å². The number of esters is 1. The molecule has 3 aliphatic rings. The number of nitrogens with two attached hydrogens (primary N) is 1. The molecule has 0 amide bonds. The van der Waals surface area contributed by atoms with E-state index in [0.717, 1.165) is 37.7 Å². The fraction of sp³-hybridized carbons (Fsp3) is 0.571. The van der Waals surface area contributed by atoms with Crippen LogP contribution in [-0.2, 0) is 30.3 Å². The second-order valence-electron chi connectivity index (χ2n) is 11.2. The predicted octanol–water partition coefficient (Wildman–Crippen LogP) is 4.16. The van der Waals surface area contributed by atoms with Crippen LogP contribution in [0.1, 0.15) is 64.2 Å². The predicted molar refractivity (Wildman–Crippen MR) is 138 cm³/mol. The number of nitrogen functional groups attached to an aromatic ring is 1. The summed E-state index contributed by atoms with van der Waals surface area (Å²) in [6.45, 7) is 4.22. The Morgan fingerprint density at radius 3 is 2.63 bits per heavy atom. The Bertz CT molecular complexity index is 1280. The van der Waals surface area contributed by atoms with E-state index in [0.29, 0.717) is 41.8 Å². The molecule has 0 radical (unpaired) electrons. The van der Waals surface area contributed by atoms with Crippen molar-refractivity contribution in [3.8, 4) is 0 Å². The molecule has 0 unspecified atom stereocenters. The third kappa shape index (κ3) is 5.12. The molecule has 2 aliphatic heterocycles. The van der Waals surface area contributed by atoms with Gasteiger partial charge in [0.05, 0.1) is 12.4 Å². The maximum Gasteiger partial charge on any atom is 0.306 e. The van der Waals surface area contributed by atoms with Gasteiger partial charge in [-0.15, -0.1) is 0 Å². The number of carbonyl (C=O) groups is 1. The van der Waals surface area contributed by atoms with E-state index in [1.54, 1.807) is 6.33 Å². The molecule has 4 atom stereocenters. The first-order valence-corrected chi connectivity index (χ1v) is 13.5. The molecular weight excluding hydrogens is 486 g/mol. The lowest BCUT2D eigenvalue weighted by atomic mass is 9.70. The lowest BCUT2D eigenvalue weighted by Crippen LogP contribution is -2.31. The van der Waals surface area contributed by atoms with Gasteiger partial charge in [-0.1, -0.05) is 30.3 Å². The highest BCUT2D eigenvalue weighted by atomic mass is 16.8. The molecule has 1 aromatic carbocycles. The molecule has 0 spiro atoms. The second-order valence-corrected chi connectivity index (χ2v) is 11.2. The van der Waals surface area contributed by atoms with Gasteiger partial charge in [-0.05, 0) is 63.4 Å². The molecule has 1 saturated carbocycles. The van der Waals surface area contributed by atoms with Gasteiger partial charge in [-0.25, -0.2) is 15.0 Å². The number of hydrogen-bond acceptors (Lipinski definition) is 9. The molecule has 202 valence electrons. The van der Waals surface area contributed by atoms with Crippen molar-refractivity contribution in [1.82, 2.24) is 19.5 Å². The van der Waals surface area contributed by atoms with E-state index in [4.69, 9.17) is 24.7 Å². The van der Waals surface area contributed by atoms with Crippen LogP contribution in [0.2, 0.25) is 0 Å². The summed E-state index contributed by atoms with van der Waals surface area (Å²) < 4.78 is 26.4. The second kappa shape index (κ2) is 10.2. The van der Waals surface area contributed by atoms with Crippen molar-refractivity contribution in [3.63, 3.8) is 0 Å². The zero-order valence-electron chi connectivity index (χ0n) is 21.9. The van der Waals surface area contributed by atoms with Gasteiger partial charge in [0.15, 0.2) is 23.5 Å². The summed E-state index contributed by atoms with van der Waals surface area (Å²) in [5.41, 5.74) is 8.18. The number of benzene rings is 1. The quantitative estimate of drug-likeness (QED) is 0.413. The number of fused-ring (bicyclic) bond motifs is 2. The number of nitrogens with zero attached hydrogens (tertiary/aromatic N) is 4. The maximum absolute atomic E-state index is 12.1. The molecule has 0 bridgehead atoms. The third-order valence-electron chi connectivity index (χ3n) is 7.98. The molecule has 3 fully saturated rings. The fourth-order valence-corrected chi connectivity index (χ4v) is 6.05. The van der Waals surface area contributed by atoms with Crippen molar-refractivity contribution >= 4 is 23.0 Å². The van der Waals surface area contributed by atoms with Crippen LogP contribution >= 0.6 is 0 Å². The monoisotopic (exact) mass is 521 g/mol. The highest BCUT2D eigenvalue weighted by Gasteiger charge is 2.56. The van der Waals surface area contributed by atoms with Crippen molar-refractivity contribution < 1.29 is 23.7 Å². The summed E-state index contributed by atoms with van der Waals surface area (Å²) in [5.74, 6) is 0.762. The molecule has 3 aromatic rings. The van der Waals surface area contributed by atoms with Gasteiger partial charge >= 0.3 is 5.97 Å².